The molecule has 8 heteroatoms. The van der Waals surface area contributed by atoms with Gasteiger partial charge in [0.15, 0.2) is 0 Å². The quantitative estimate of drug-likeness (QED) is 0.739. The van der Waals surface area contributed by atoms with Gasteiger partial charge in [0.2, 0.25) is 0 Å². The summed E-state index contributed by atoms with van der Waals surface area (Å²) in [5.41, 5.74) is 2.37. The van der Waals surface area contributed by atoms with E-state index < -0.39 is 0 Å². The summed E-state index contributed by atoms with van der Waals surface area (Å²) < 4.78 is 0. The molecule has 0 radical (unpaired) electrons. The molecule has 4 rings (SSSR count). The maximum atomic E-state index is 12.8. The van der Waals surface area contributed by atoms with Crippen LogP contribution >= 0.6 is 0 Å². The minimum atomic E-state index is -0.0760. The van der Waals surface area contributed by atoms with Gasteiger partial charge in [-0.1, -0.05) is 6.07 Å². The monoisotopic (exact) mass is 363 g/mol. The highest BCUT2D eigenvalue weighted by Gasteiger charge is 2.32. The number of pyridine rings is 1. The highest BCUT2D eigenvalue weighted by molar-refractivity contribution is 5.92. The molecule has 3 aromatic heterocycles. The number of aromatic nitrogens is 5. The van der Waals surface area contributed by atoms with Gasteiger partial charge in [0.05, 0.1) is 11.7 Å². The summed E-state index contributed by atoms with van der Waals surface area (Å²) in [6, 6.07) is 7.41. The maximum absolute atomic E-state index is 12.8. The molecule has 1 saturated heterocycles. The van der Waals surface area contributed by atoms with Crippen LogP contribution in [0.25, 0.3) is 0 Å². The van der Waals surface area contributed by atoms with Crippen molar-refractivity contribution in [3.05, 3.63) is 59.4 Å². The fourth-order valence-electron chi connectivity index (χ4n) is 3.41. The van der Waals surface area contributed by atoms with Crippen LogP contribution in [0.5, 0.6) is 0 Å². The number of likely N-dealkylation sites (tertiary alicyclic amines) is 1. The largest absolute Gasteiger partial charge is 0.329 e. The van der Waals surface area contributed by atoms with Crippen LogP contribution in [0.3, 0.4) is 0 Å². The van der Waals surface area contributed by atoms with Gasteiger partial charge >= 0.3 is 0 Å². The normalized spacial score (nSPS) is 16.5. The zero-order valence-electron chi connectivity index (χ0n) is 15.3. The van der Waals surface area contributed by atoms with Gasteiger partial charge in [-0.25, -0.2) is 15.0 Å². The van der Waals surface area contributed by atoms with E-state index in [4.69, 9.17) is 0 Å². The Hall–Kier alpha value is -3.29. The molecule has 1 unspecified atom stereocenters. The summed E-state index contributed by atoms with van der Waals surface area (Å²) >= 11 is 0. The van der Waals surface area contributed by atoms with E-state index in [2.05, 4.69) is 30.5 Å². The lowest BCUT2D eigenvalue weighted by molar-refractivity contribution is 0.0726. The van der Waals surface area contributed by atoms with Gasteiger partial charge in [-0.3, -0.25) is 9.89 Å². The van der Waals surface area contributed by atoms with Crippen LogP contribution in [-0.4, -0.2) is 42.5 Å². The molecule has 138 valence electrons. The number of aryl methyl sites for hydroxylation is 2. The van der Waals surface area contributed by atoms with Crippen LogP contribution in [0, 0.1) is 13.8 Å². The van der Waals surface area contributed by atoms with E-state index >= 15 is 0 Å². The zero-order chi connectivity index (χ0) is 18.8. The van der Waals surface area contributed by atoms with E-state index in [0.717, 1.165) is 29.9 Å². The van der Waals surface area contributed by atoms with Crippen molar-refractivity contribution >= 4 is 17.5 Å². The Morgan fingerprint density at radius 3 is 2.93 bits per heavy atom. The number of nitrogens with one attached hydrogen (secondary N) is 2. The first-order chi connectivity index (χ1) is 13.1. The summed E-state index contributed by atoms with van der Waals surface area (Å²) in [7, 11) is 0. The number of aromatic amines is 1. The van der Waals surface area contributed by atoms with Gasteiger partial charge in [-0.05, 0) is 44.4 Å². The van der Waals surface area contributed by atoms with Crippen molar-refractivity contribution < 1.29 is 4.79 Å². The Morgan fingerprint density at radius 2 is 2.15 bits per heavy atom. The first kappa shape index (κ1) is 17.1. The number of rotatable bonds is 4. The number of hydrogen-bond acceptors (Lipinski definition) is 6. The summed E-state index contributed by atoms with van der Waals surface area (Å²) in [6.07, 6.45) is 5.14. The van der Waals surface area contributed by atoms with E-state index in [-0.39, 0.29) is 11.9 Å². The van der Waals surface area contributed by atoms with E-state index in [1.165, 1.54) is 0 Å². The van der Waals surface area contributed by atoms with Gasteiger partial charge < -0.3 is 10.2 Å². The lowest BCUT2D eigenvalue weighted by Crippen LogP contribution is -2.31. The van der Waals surface area contributed by atoms with Gasteiger partial charge in [0.1, 0.15) is 23.2 Å². The van der Waals surface area contributed by atoms with Crippen molar-refractivity contribution in [2.45, 2.75) is 32.7 Å². The number of carbonyl (C=O) groups excluding carboxylic acids is 1. The molecule has 2 N–H and O–H groups in total. The molecule has 3 aromatic rings. The Labute approximate surface area is 157 Å². The molecule has 27 heavy (non-hydrogen) atoms. The highest BCUT2D eigenvalue weighted by Crippen LogP contribution is 2.33. The Bertz CT molecular complexity index is 954. The summed E-state index contributed by atoms with van der Waals surface area (Å²) in [4.78, 5) is 28.1. The first-order valence-electron chi connectivity index (χ1n) is 8.96. The average Bonchev–Trinajstić information content (AvgIpc) is 3.35. The molecule has 1 fully saturated rings. The number of amides is 1. The predicted octanol–water partition coefficient (Wildman–Crippen LogP) is 2.93. The lowest BCUT2D eigenvalue weighted by atomic mass is 10.1. The second kappa shape index (κ2) is 7.14. The molecular formula is C19H21N7O. The van der Waals surface area contributed by atoms with E-state index in [1.54, 1.807) is 18.5 Å². The van der Waals surface area contributed by atoms with Crippen molar-refractivity contribution in [2.24, 2.45) is 0 Å². The SMILES string of the molecule is Cc1nc(Nc2ncccc2C)cc(C2CCCN2C(=O)c2ccn[nH]2)n1. The van der Waals surface area contributed by atoms with Crippen LogP contribution < -0.4 is 5.32 Å². The first-order valence-corrected chi connectivity index (χ1v) is 8.96. The molecule has 0 spiro atoms. The number of H-pyrrole nitrogens is 1. The van der Waals surface area contributed by atoms with Crippen molar-refractivity contribution in [2.75, 3.05) is 11.9 Å². The third kappa shape index (κ3) is 3.51. The molecule has 1 atom stereocenters. The topological polar surface area (TPSA) is 99.7 Å². The van der Waals surface area contributed by atoms with Crippen molar-refractivity contribution in [1.82, 2.24) is 30.0 Å². The highest BCUT2D eigenvalue weighted by atomic mass is 16.2. The molecule has 1 aliphatic rings. The molecule has 0 aromatic carbocycles. The zero-order valence-corrected chi connectivity index (χ0v) is 15.3. The molecule has 8 nitrogen and oxygen atoms in total. The van der Waals surface area contributed by atoms with Gasteiger partial charge in [0.25, 0.3) is 5.91 Å². The van der Waals surface area contributed by atoms with Crippen LogP contribution in [0.2, 0.25) is 0 Å². The fourth-order valence-corrected chi connectivity index (χ4v) is 3.41. The molecule has 0 bridgehead atoms. The van der Waals surface area contributed by atoms with Crippen LogP contribution in [0.4, 0.5) is 11.6 Å². The average molecular weight is 363 g/mol. The molecule has 0 aliphatic carbocycles. The predicted molar refractivity (Wildman–Crippen MR) is 101 cm³/mol. The summed E-state index contributed by atoms with van der Waals surface area (Å²) in [5.74, 6) is 2.05. The van der Waals surface area contributed by atoms with Crippen LogP contribution in [-0.2, 0) is 0 Å². The smallest absolute Gasteiger partial charge is 0.272 e. The third-order valence-electron chi connectivity index (χ3n) is 4.70. The second-order valence-electron chi connectivity index (χ2n) is 6.65. The standard InChI is InChI=1S/C19H21N7O/c1-12-5-3-8-20-18(12)24-17-11-15(22-13(2)23-17)16-6-4-10-26(16)19(27)14-7-9-21-25-14/h3,5,7-9,11,16H,4,6,10H2,1-2H3,(H,21,25)(H,20,22,23,24). The lowest BCUT2D eigenvalue weighted by Gasteiger charge is -2.24. The third-order valence-corrected chi connectivity index (χ3v) is 4.70. The number of carbonyl (C=O) groups is 1. The Kier molecular flexibility index (Phi) is 4.53. The summed E-state index contributed by atoms with van der Waals surface area (Å²) in [5, 5.41) is 9.90. The molecule has 0 saturated carbocycles. The maximum Gasteiger partial charge on any atom is 0.272 e. The molecule has 1 amide bonds. The minimum Gasteiger partial charge on any atom is -0.329 e. The Morgan fingerprint density at radius 1 is 1.26 bits per heavy atom. The summed E-state index contributed by atoms with van der Waals surface area (Å²) in [6.45, 7) is 4.55. The van der Waals surface area contributed by atoms with Crippen LogP contribution in [0.1, 0.15) is 46.5 Å². The van der Waals surface area contributed by atoms with Gasteiger partial charge in [0, 0.05) is 25.0 Å². The Balaban J connectivity index is 1.62. The van der Waals surface area contributed by atoms with Crippen molar-refractivity contribution in [3.8, 4) is 0 Å². The van der Waals surface area contributed by atoms with Crippen molar-refractivity contribution in [1.29, 1.82) is 0 Å². The minimum absolute atomic E-state index is 0.0543. The van der Waals surface area contributed by atoms with E-state index in [0.29, 0.717) is 23.9 Å². The van der Waals surface area contributed by atoms with E-state index in [1.807, 2.05) is 36.9 Å². The number of nitrogens with zero attached hydrogens (tertiary/aromatic N) is 5. The molecular weight excluding hydrogens is 342 g/mol. The van der Waals surface area contributed by atoms with Gasteiger partial charge in [-0.15, -0.1) is 0 Å². The number of hydrogen-bond donors (Lipinski definition) is 2. The second-order valence-corrected chi connectivity index (χ2v) is 6.65. The molecule has 4 heterocycles. The van der Waals surface area contributed by atoms with Crippen LogP contribution in [0.15, 0.2) is 36.7 Å². The fraction of sp³-hybridized carbons (Fsp3) is 0.316. The van der Waals surface area contributed by atoms with E-state index in [9.17, 15) is 4.79 Å². The number of anilines is 2. The molecule has 1 aliphatic heterocycles. The van der Waals surface area contributed by atoms with Crippen molar-refractivity contribution in [3.63, 3.8) is 0 Å². The van der Waals surface area contributed by atoms with Gasteiger partial charge in [-0.2, -0.15) is 5.10 Å².